The van der Waals surface area contributed by atoms with Crippen molar-refractivity contribution in [2.75, 3.05) is 5.73 Å². The summed E-state index contributed by atoms with van der Waals surface area (Å²) < 4.78 is 0. The number of hydrogen-bond donors (Lipinski definition) is 1. The third kappa shape index (κ3) is 1.37. The molecule has 0 aliphatic heterocycles. The fourth-order valence-corrected chi connectivity index (χ4v) is 2.30. The van der Waals surface area contributed by atoms with Crippen LogP contribution in [0.2, 0.25) is 0 Å². The maximum absolute atomic E-state index is 5.78. The first kappa shape index (κ1) is 8.44. The zero-order chi connectivity index (χ0) is 9.42. The van der Waals surface area contributed by atoms with Gasteiger partial charge in [-0.05, 0) is 19.4 Å². The van der Waals surface area contributed by atoms with E-state index in [-0.39, 0.29) is 0 Å². The first-order chi connectivity index (χ1) is 6.20. The van der Waals surface area contributed by atoms with E-state index in [1.807, 2.05) is 6.92 Å². The van der Waals surface area contributed by atoms with E-state index >= 15 is 0 Å². The third-order valence-electron chi connectivity index (χ3n) is 1.93. The molecule has 68 valence electrons. The van der Waals surface area contributed by atoms with E-state index in [9.17, 15) is 0 Å². The van der Waals surface area contributed by atoms with Crippen molar-refractivity contribution in [2.24, 2.45) is 0 Å². The zero-order valence-electron chi connectivity index (χ0n) is 7.66. The molecule has 2 aromatic rings. The first-order valence-corrected chi connectivity index (χ1v) is 5.05. The van der Waals surface area contributed by atoms with Crippen molar-refractivity contribution in [2.45, 2.75) is 20.3 Å². The lowest BCUT2D eigenvalue weighted by atomic mass is 10.3. The highest BCUT2D eigenvalue weighted by molar-refractivity contribution is 7.18. The van der Waals surface area contributed by atoms with Crippen LogP contribution in [-0.2, 0) is 6.42 Å². The van der Waals surface area contributed by atoms with Gasteiger partial charge in [-0.25, -0.2) is 9.97 Å². The second kappa shape index (κ2) is 2.96. The molecule has 3 nitrogen and oxygen atoms in total. The predicted molar refractivity (Wildman–Crippen MR) is 55.9 cm³/mol. The van der Waals surface area contributed by atoms with Gasteiger partial charge in [0.2, 0.25) is 0 Å². The number of rotatable bonds is 1. The van der Waals surface area contributed by atoms with Crippen LogP contribution in [0.1, 0.15) is 17.6 Å². The van der Waals surface area contributed by atoms with Crippen LogP contribution in [0.15, 0.2) is 6.07 Å². The minimum atomic E-state index is 0.596. The number of nitrogens with two attached hydrogens (primary N) is 1. The highest BCUT2D eigenvalue weighted by Gasteiger charge is 2.06. The molecule has 0 atom stereocenters. The first-order valence-electron chi connectivity index (χ1n) is 4.23. The van der Waals surface area contributed by atoms with E-state index < -0.39 is 0 Å². The lowest BCUT2D eigenvalue weighted by Crippen LogP contribution is -1.94. The molecule has 2 N–H and O–H groups in total. The molecule has 0 aliphatic rings. The van der Waals surface area contributed by atoms with Gasteiger partial charge in [-0.1, -0.05) is 6.92 Å². The van der Waals surface area contributed by atoms with Gasteiger partial charge in [-0.15, -0.1) is 11.3 Å². The van der Waals surface area contributed by atoms with Crippen molar-refractivity contribution < 1.29 is 0 Å². The molecular weight excluding hydrogens is 182 g/mol. The second-order valence-corrected chi connectivity index (χ2v) is 4.06. The molecule has 0 fully saturated rings. The van der Waals surface area contributed by atoms with Gasteiger partial charge in [0.05, 0.1) is 5.39 Å². The fourth-order valence-electron chi connectivity index (χ4n) is 1.28. The maximum Gasteiger partial charge on any atom is 0.135 e. The predicted octanol–water partition coefficient (Wildman–Crippen LogP) is 2.14. The number of thiophene rings is 1. The highest BCUT2D eigenvalue weighted by atomic mass is 32.1. The van der Waals surface area contributed by atoms with Crippen molar-refractivity contribution in [3.63, 3.8) is 0 Å². The molecule has 0 saturated carbocycles. The number of nitrogens with zero attached hydrogens (tertiary/aromatic N) is 2. The second-order valence-electron chi connectivity index (χ2n) is 2.94. The Labute approximate surface area is 80.6 Å². The molecule has 0 aromatic carbocycles. The van der Waals surface area contributed by atoms with Gasteiger partial charge in [-0.3, -0.25) is 0 Å². The third-order valence-corrected chi connectivity index (χ3v) is 3.11. The summed E-state index contributed by atoms with van der Waals surface area (Å²) in [6, 6.07) is 2.08. The van der Waals surface area contributed by atoms with Gasteiger partial charge < -0.3 is 5.73 Å². The van der Waals surface area contributed by atoms with E-state index in [0.29, 0.717) is 5.82 Å². The Hall–Kier alpha value is -1.16. The molecule has 13 heavy (non-hydrogen) atoms. The molecule has 0 spiro atoms. The number of nitrogen functional groups attached to an aromatic ring is 1. The Balaban J connectivity index is 2.75. The van der Waals surface area contributed by atoms with Gasteiger partial charge in [0, 0.05) is 4.88 Å². The van der Waals surface area contributed by atoms with E-state index in [1.165, 1.54) is 4.88 Å². The van der Waals surface area contributed by atoms with Crippen LogP contribution in [0.5, 0.6) is 0 Å². The smallest absolute Gasteiger partial charge is 0.135 e. The normalized spacial score (nSPS) is 10.9. The monoisotopic (exact) mass is 193 g/mol. The van der Waals surface area contributed by atoms with Crippen LogP contribution in [0.25, 0.3) is 10.2 Å². The van der Waals surface area contributed by atoms with Crippen molar-refractivity contribution in [1.29, 1.82) is 0 Å². The molecular formula is C9H11N3S. The Bertz CT molecular complexity index is 447. The fraction of sp³-hybridized carbons (Fsp3) is 0.333. The van der Waals surface area contributed by atoms with Gasteiger partial charge in [0.25, 0.3) is 0 Å². The Morgan fingerprint density at radius 1 is 1.46 bits per heavy atom. The van der Waals surface area contributed by atoms with Gasteiger partial charge in [0.1, 0.15) is 16.5 Å². The number of anilines is 1. The van der Waals surface area contributed by atoms with Gasteiger partial charge in [0.15, 0.2) is 0 Å². The van der Waals surface area contributed by atoms with E-state index in [4.69, 9.17) is 5.73 Å². The van der Waals surface area contributed by atoms with E-state index in [1.54, 1.807) is 11.3 Å². The Morgan fingerprint density at radius 2 is 2.23 bits per heavy atom. The maximum atomic E-state index is 5.78. The number of aryl methyl sites for hydroxylation is 2. The van der Waals surface area contributed by atoms with Crippen LogP contribution in [-0.4, -0.2) is 9.97 Å². The quantitative estimate of drug-likeness (QED) is 0.755. The lowest BCUT2D eigenvalue weighted by molar-refractivity contribution is 1.11. The van der Waals surface area contributed by atoms with E-state index in [0.717, 1.165) is 22.5 Å². The summed E-state index contributed by atoms with van der Waals surface area (Å²) in [5.74, 6) is 1.34. The largest absolute Gasteiger partial charge is 0.383 e. The average molecular weight is 193 g/mol. The summed E-state index contributed by atoms with van der Waals surface area (Å²) in [5.41, 5.74) is 5.78. The van der Waals surface area contributed by atoms with E-state index in [2.05, 4.69) is 23.0 Å². The van der Waals surface area contributed by atoms with Crippen molar-refractivity contribution in [3.05, 3.63) is 16.8 Å². The summed E-state index contributed by atoms with van der Waals surface area (Å²) in [4.78, 5) is 10.8. The molecule has 0 aliphatic carbocycles. The minimum absolute atomic E-state index is 0.596. The molecule has 4 heteroatoms. The molecule has 2 rings (SSSR count). The molecule has 0 bridgehead atoms. The molecule has 0 radical (unpaired) electrons. The molecule has 2 aromatic heterocycles. The number of hydrogen-bond acceptors (Lipinski definition) is 4. The SMILES string of the molecule is CCc1cc2c(N)nc(C)nc2s1. The summed E-state index contributed by atoms with van der Waals surface area (Å²) in [6.45, 7) is 3.99. The Kier molecular flexibility index (Phi) is 1.92. The van der Waals surface area contributed by atoms with Crippen LogP contribution < -0.4 is 5.73 Å². The standard InChI is InChI=1S/C9H11N3S/c1-3-6-4-7-8(10)11-5(2)12-9(7)13-6/h4H,3H2,1-2H3,(H2,10,11,12). The van der Waals surface area contributed by atoms with Gasteiger partial charge in [-0.2, -0.15) is 0 Å². The van der Waals surface area contributed by atoms with Crippen LogP contribution in [0.3, 0.4) is 0 Å². The summed E-state index contributed by atoms with van der Waals surface area (Å²) in [7, 11) is 0. The van der Waals surface area contributed by atoms with Crippen LogP contribution in [0.4, 0.5) is 5.82 Å². The number of aromatic nitrogens is 2. The van der Waals surface area contributed by atoms with Gasteiger partial charge >= 0.3 is 0 Å². The lowest BCUT2D eigenvalue weighted by Gasteiger charge is -1.95. The van der Waals surface area contributed by atoms with Crippen LogP contribution >= 0.6 is 11.3 Å². The minimum Gasteiger partial charge on any atom is -0.383 e. The molecule has 0 unspecified atom stereocenters. The molecule has 2 heterocycles. The topological polar surface area (TPSA) is 51.8 Å². The van der Waals surface area contributed by atoms with Crippen molar-refractivity contribution in [1.82, 2.24) is 9.97 Å². The van der Waals surface area contributed by atoms with Crippen LogP contribution in [0, 0.1) is 6.92 Å². The molecule has 0 saturated heterocycles. The van der Waals surface area contributed by atoms with Crippen molar-refractivity contribution in [3.8, 4) is 0 Å². The highest BCUT2D eigenvalue weighted by Crippen LogP contribution is 2.27. The average Bonchev–Trinajstić information content (AvgIpc) is 2.47. The molecule has 0 amide bonds. The Morgan fingerprint density at radius 3 is 2.92 bits per heavy atom. The summed E-state index contributed by atoms with van der Waals surface area (Å²) >= 11 is 1.69. The summed E-state index contributed by atoms with van der Waals surface area (Å²) in [5, 5.41) is 0.993. The number of fused-ring (bicyclic) bond motifs is 1. The summed E-state index contributed by atoms with van der Waals surface area (Å²) in [6.07, 6.45) is 1.03. The zero-order valence-corrected chi connectivity index (χ0v) is 8.48. The van der Waals surface area contributed by atoms with Crippen molar-refractivity contribution >= 4 is 27.4 Å².